The summed E-state index contributed by atoms with van der Waals surface area (Å²) in [5.74, 6) is 1.14. The topological polar surface area (TPSA) is 63.8 Å². The molecular formula is C12H13ClN4O. The summed E-state index contributed by atoms with van der Waals surface area (Å²) in [4.78, 5) is 8.45. The van der Waals surface area contributed by atoms with Crippen LogP contribution in [0.2, 0.25) is 5.02 Å². The van der Waals surface area contributed by atoms with Crippen molar-refractivity contribution in [3.8, 4) is 11.5 Å². The third-order valence-corrected chi connectivity index (χ3v) is 3.00. The number of hydrogen-bond acceptors (Lipinski definition) is 5. The summed E-state index contributed by atoms with van der Waals surface area (Å²) in [5.41, 5.74) is 0.671. The van der Waals surface area contributed by atoms with E-state index < -0.39 is 0 Å². The Morgan fingerprint density at radius 3 is 3.00 bits per heavy atom. The van der Waals surface area contributed by atoms with Crippen LogP contribution >= 0.6 is 11.6 Å². The van der Waals surface area contributed by atoms with E-state index in [9.17, 15) is 0 Å². The minimum absolute atomic E-state index is 0.507. The molecule has 1 saturated carbocycles. The van der Waals surface area contributed by atoms with E-state index in [4.69, 9.17) is 16.1 Å². The molecule has 1 N–H and O–H groups in total. The fourth-order valence-corrected chi connectivity index (χ4v) is 1.75. The molecule has 0 saturated heterocycles. The van der Waals surface area contributed by atoms with E-state index in [1.54, 1.807) is 18.3 Å². The molecule has 0 aliphatic heterocycles. The standard InChI is InChI=1S/C12H13ClN4O/c13-8-1-4-10(15-7-8)12-16-11(18-17-12)5-6-14-9-2-3-9/h1,4,7,9,14H,2-3,5-6H2. The van der Waals surface area contributed by atoms with Crippen LogP contribution < -0.4 is 5.32 Å². The largest absolute Gasteiger partial charge is 0.339 e. The monoisotopic (exact) mass is 264 g/mol. The lowest BCUT2D eigenvalue weighted by atomic mass is 10.3. The van der Waals surface area contributed by atoms with Gasteiger partial charge in [0.15, 0.2) is 0 Å². The Bertz CT molecular complexity index is 521. The number of pyridine rings is 1. The minimum Gasteiger partial charge on any atom is -0.339 e. The summed E-state index contributed by atoms with van der Waals surface area (Å²) in [7, 11) is 0. The molecule has 0 aromatic carbocycles. The maximum atomic E-state index is 5.77. The normalized spacial score (nSPS) is 14.9. The zero-order chi connectivity index (χ0) is 12.4. The Hall–Kier alpha value is -1.46. The number of hydrogen-bond donors (Lipinski definition) is 1. The van der Waals surface area contributed by atoms with Gasteiger partial charge in [0.2, 0.25) is 11.7 Å². The van der Waals surface area contributed by atoms with Crippen molar-refractivity contribution in [3.63, 3.8) is 0 Å². The van der Waals surface area contributed by atoms with Crippen LogP contribution in [0.3, 0.4) is 0 Å². The molecule has 1 fully saturated rings. The first-order chi connectivity index (χ1) is 8.81. The van der Waals surface area contributed by atoms with E-state index in [2.05, 4.69) is 20.4 Å². The molecule has 2 aromatic heterocycles. The van der Waals surface area contributed by atoms with Crippen molar-refractivity contribution in [2.75, 3.05) is 6.54 Å². The zero-order valence-electron chi connectivity index (χ0n) is 9.77. The van der Waals surface area contributed by atoms with Gasteiger partial charge < -0.3 is 9.84 Å². The van der Waals surface area contributed by atoms with Gasteiger partial charge >= 0.3 is 0 Å². The molecule has 6 heteroatoms. The van der Waals surface area contributed by atoms with Gasteiger partial charge in [-0.05, 0) is 25.0 Å². The summed E-state index contributed by atoms with van der Waals surface area (Å²) in [5, 5.41) is 7.90. The van der Waals surface area contributed by atoms with E-state index in [-0.39, 0.29) is 0 Å². The highest BCUT2D eigenvalue weighted by Crippen LogP contribution is 2.18. The van der Waals surface area contributed by atoms with E-state index in [0.29, 0.717) is 28.5 Å². The van der Waals surface area contributed by atoms with Crippen LogP contribution in [0.4, 0.5) is 0 Å². The zero-order valence-corrected chi connectivity index (χ0v) is 10.5. The van der Waals surface area contributed by atoms with Crippen LogP contribution in [0.15, 0.2) is 22.9 Å². The second kappa shape index (κ2) is 5.04. The maximum absolute atomic E-state index is 5.77. The van der Waals surface area contributed by atoms with Gasteiger partial charge in [-0.25, -0.2) is 0 Å². The second-order valence-corrected chi connectivity index (χ2v) is 4.79. The summed E-state index contributed by atoms with van der Waals surface area (Å²) in [6, 6.07) is 4.24. The van der Waals surface area contributed by atoms with E-state index in [0.717, 1.165) is 13.0 Å². The van der Waals surface area contributed by atoms with Gasteiger partial charge in [-0.1, -0.05) is 16.8 Å². The third kappa shape index (κ3) is 2.86. The quantitative estimate of drug-likeness (QED) is 0.896. The first-order valence-corrected chi connectivity index (χ1v) is 6.37. The van der Waals surface area contributed by atoms with Gasteiger partial charge in [-0.2, -0.15) is 4.98 Å². The van der Waals surface area contributed by atoms with Gasteiger partial charge in [0, 0.05) is 25.2 Å². The van der Waals surface area contributed by atoms with Crippen LogP contribution in [0.1, 0.15) is 18.7 Å². The summed E-state index contributed by atoms with van der Waals surface area (Å²) in [6.07, 6.45) is 4.88. The van der Waals surface area contributed by atoms with Crippen molar-refractivity contribution < 1.29 is 4.52 Å². The Kier molecular flexibility index (Phi) is 3.25. The van der Waals surface area contributed by atoms with Crippen molar-refractivity contribution in [1.82, 2.24) is 20.4 Å². The van der Waals surface area contributed by atoms with E-state index in [1.807, 2.05) is 0 Å². The molecule has 18 heavy (non-hydrogen) atoms. The molecule has 0 unspecified atom stereocenters. The summed E-state index contributed by atoms with van der Waals surface area (Å²) >= 11 is 5.77. The highest BCUT2D eigenvalue weighted by molar-refractivity contribution is 6.30. The van der Waals surface area contributed by atoms with E-state index >= 15 is 0 Å². The lowest BCUT2D eigenvalue weighted by Crippen LogP contribution is -2.19. The van der Waals surface area contributed by atoms with Crippen LogP contribution in [0.25, 0.3) is 11.5 Å². The van der Waals surface area contributed by atoms with Crippen molar-refractivity contribution >= 4 is 11.6 Å². The molecule has 1 aliphatic carbocycles. The predicted octanol–water partition coefficient (Wildman–Crippen LogP) is 2.08. The Balaban J connectivity index is 1.62. The molecule has 3 rings (SSSR count). The highest BCUT2D eigenvalue weighted by atomic mass is 35.5. The van der Waals surface area contributed by atoms with Gasteiger partial charge in [-0.3, -0.25) is 4.98 Å². The SMILES string of the molecule is Clc1ccc(-c2noc(CCNC3CC3)n2)nc1. The smallest absolute Gasteiger partial charge is 0.228 e. The van der Waals surface area contributed by atoms with Crippen molar-refractivity contribution in [2.24, 2.45) is 0 Å². The minimum atomic E-state index is 0.507. The molecule has 94 valence electrons. The molecule has 0 amide bonds. The van der Waals surface area contributed by atoms with Crippen LogP contribution in [-0.4, -0.2) is 27.7 Å². The molecule has 0 bridgehead atoms. The third-order valence-electron chi connectivity index (χ3n) is 2.77. The number of rotatable bonds is 5. The molecule has 0 radical (unpaired) electrons. The van der Waals surface area contributed by atoms with Crippen molar-refractivity contribution in [3.05, 3.63) is 29.2 Å². The molecule has 0 spiro atoms. The van der Waals surface area contributed by atoms with Crippen LogP contribution in [0, 0.1) is 0 Å². The molecule has 2 aromatic rings. The Morgan fingerprint density at radius 2 is 2.28 bits per heavy atom. The Labute approximate surface area is 110 Å². The lowest BCUT2D eigenvalue weighted by molar-refractivity contribution is 0.376. The number of nitrogens with one attached hydrogen (secondary N) is 1. The fourth-order valence-electron chi connectivity index (χ4n) is 1.64. The number of aromatic nitrogens is 3. The van der Waals surface area contributed by atoms with Crippen LogP contribution in [0.5, 0.6) is 0 Å². The predicted molar refractivity (Wildman–Crippen MR) is 67.3 cm³/mol. The van der Waals surface area contributed by atoms with Crippen LogP contribution in [-0.2, 0) is 6.42 Å². The first-order valence-electron chi connectivity index (χ1n) is 5.99. The molecule has 1 aliphatic rings. The molecule has 2 heterocycles. The van der Waals surface area contributed by atoms with Gasteiger partial charge in [0.05, 0.1) is 5.02 Å². The average Bonchev–Trinajstić information content (AvgIpc) is 3.08. The Morgan fingerprint density at radius 1 is 1.39 bits per heavy atom. The summed E-state index contributed by atoms with van der Waals surface area (Å²) in [6.45, 7) is 0.875. The molecule has 5 nitrogen and oxygen atoms in total. The highest BCUT2D eigenvalue weighted by Gasteiger charge is 2.20. The second-order valence-electron chi connectivity index (χ2n) is 4.35. The number of nitrogens with zero attached hydrogens (tertiary/aromatic N) is 3. The van der Waals surface area contributed by atoms with Gasteiger partial charge in [0.1, 0.15) is 5.69 Å². The summed E-state index contributed by atoms with van der Waals surface area (Å²) < 4.78 is 5.18. The van der Waals surface area contributed by atoms with E-state index in [1.165, 1.54) is 12.8 Å². The molecular weight excluding hydrogens is 252 g/mol. The lowest BCUT2D eigenvalue weighted by Gasteiger charge is -1.97. The van der Waals surface area contributed by atoms with Gasteiger partial charge in [-0.15, -0.1) is 0 Å². The van der Waals surface area contributed by atoms with Crippen molar-refractivity contribution in [2.45, 2.75) is 25.3 Å². The first kappa shape index (κ1) is 11.6. The number of halogens is 1. The van der Waals surface area contributed by atoms with Gasteiger partial charge in [0.25, 0.3) is 0 Å². The van der Waals surface area contributed by atoms with Crippen molar-refractivity contribution in [1.29, 1.82) is 0 Å². The maximum Gasteiger partial charge on any atom is 0.228 e. The molecule has 0 atom stereocenters. The fraction of sp³-hybridized carbons (Fsp3) is 0.417. The average molecular weight is 265 g/mol.